The second kappa shape index (κ2) is 6.01. The van der Waals surface area contributed by atoms with Crippen molar-refractivity contribution >= 4 is 22.5 Å². The number of hydrogen-bond donors (Lipinski definition) is 0. The van der Waals surface area contributed by atoms with Crippen LogP contribution in [0.2, 0.25) is 0 Å². The van der Waals surface area contributed by atoms with E-state index in [0.717, 1.165) is 35.0 Å². The van der Waals surface area contributed by atoms with E-state index in [1.54, 1.807) is 0 Å². The number of nitrogens with zero attached hydrogens (tertiary/aromatic N) is 4. The lowest BCUT2D eigenvalue weighted by atomic mass is 10.1. The van der Waals surface area contributed by atoms with E-state index in [-0.39, 0.29) is 0 Å². The molecule has 1 aromatic carbocycles. The van der Waals surface area contributed by atoms with E-state index in [2.05, 4.69) is 33.5 Å². The summed E-state index contributed by atoms with van der Waals surface area (Å²) in [5, 5.41) is 9.48. The van der Waals surface area contributed by atoms with Gasteiger partial charge in [-0.2, -0.15) is 0 Å². The number of halogens is 1. The molecule has 0 bridgehead atoms. The first-order chi connectivity index (χ1) is 9.86. The number of para-hydroxylation sites is 1. The Balaban J connectivity index is 1.84. The molecule has 0 aliphatic rings. The standard InChI is InChI=1S/C15H15ClN4/c16-8-2-7-14-11-20(19-18-14)10-13-5-1-4-12-6-3-9-17-15(12)13/h1,3-6,9,11H,2,7-8,10H2. The Morgan fingerprint density at radius 1 is 1.15 bits per heavy atom. The molecule has 2 heterocycles. The summed E-state index contributed by atoms with van der Waals surface area (Å²) in [7, 11) is 0. The van der Waals surface area contributed by atoms with Crippen molar-refractivity contribution in [2.75, 3.05) is 5.88 Å². The number of rotatable bonds is 5. The van der Waals surface area contributed by atoms with Crippen molar-refractivity contribution in [1.82, 2.24) is 20.0 Å². The third-order valence-electron chi connectivity index (χ3n) is 3.20. The van der Waals surface area contributed by atoms with Crippen LogP contribution in [0.25, 0.3) is 10.9 Å². The van der Waals surface area contributed by atoms with Crippen molar-refractivity contribution in [3.05, 3.63) is 54.0 Å². The number of aryl methyl sites for hydroxylation is 1. The third-order valence-corrected chi connectivity index (χ3v) is 3.47. The van der Waals surface area contributed by atoms with E-state index in [4.69, 9.17) is 11.6 Å². The summed E-state index contributed by atoms with van der Waals surface area (Å²) in [5.41, 5.74) is 3.16. The van der Waals surface area contributed by atoms with Gasteiger partial charge in [0, 0.05) is 23.7 Å². The first-order valence-electron chi connectivity index (χ1n) is 6.64. The molecule has 0 radical (unpaired) electrons. The van der Waals surface area contributed by atoms with Crippen molar-refractivity contribution in [2.24, 2.45) is 0 Å². The molecule has 0 spiro atoms. The summed E-state index contributed by atoms with van der Waals surface area (Å²) in [4.78, 5) is 4.45. The van der Waals surface area contributed by atoms with Crippen LogP contribution in [0.5, 0.6) is 0 Å². The minimum Gasteiger partial charge on any atom is -0.256 e. The zero-order valence-corrected chi connectivity index (χ0v) is 11.8. The predicted molar refractivity (Wildman–Crippen MR) is 79.9 cm³/mol. The number of fused-ring (bicyclic) bond motifs is 1. The Hall–Kier alpha value is -1.94. The number of hydrogen-bond acceptors (Lipinski definition) is 3. The summed E-state index contributed by atoms with van der Waals surface area (Å²) in [5.74, 6) is 0.653. The Morgan fingerprint density at radius 2 is 2.05 bits per heavy atom. The number of pyridine rings is 1. The van der Waals surface area contributed by atoms with E-state index in [1.807, 2.05) is 29.2 Å². The van der Waals surface area contributed by atoms with E-state index >= 15 is 0 Å². The van der Waals surface area contributed by atoms with Crippen LogP contribution in [-0.2, 0) is 13.0 Å². The second-order valence-corrected chi connectivity index (χ2v) is 5.07. The lowest BCUT2D eigenvalue weighted by Crippen LogP contribution is -2.01. The molecule has 0 aliphatic carbocycles. The highest BCUT2D eigenvalue weighted by atomic mass is 35.5. The molecule has 0 atom stereocenters. The van der Waals surface area contributed by atoms with Gasteiger partial charge in [0.05, 0.1) is 17.8 Å². The van der Waals surface area contributed by atoms with Crippen molar-refractivity contribution in [1.29, 1.82) is 0 Å². The minimum atomic E-state index is 0.653. The average molecular weight is 287 g/mol. The van der Waals surface area contributed by atoms with E-state index in [9.17, 15) is 0 Å². The largest absolute Gasteiger partial charge is 0.256 e. The quantitative estimate of drug-likeness (QED) is 0.677. The highest BCUT2D eigenvalue weighted by Crippen LogP contribution is 2.16. The zero-order valence-electron chi connectivity index (χ0n) is 11.0. The molecule has 102 valence electrons. The molecule has 2 aromatic heterocycles. The van der Waals surface area contributed by atoms with E-state index in [0.29, 0.717) is 12.4 Å². The normalized spacial score (nSPS) is 11.1. The predicted octanol–water partition coefficient (Wildman–Crippen LogP) is 3.05. The van der Waals surface area contributed by atoms with Crippen molar-refractivity contribution in [3.63, 3.8) is 0 Å². The molecule has 0 N–H and O–H groups in total. The summed E-state index contributed by atoms with van der Waals surface area (Å²) >= 11 is 5.69. The van der Waals surface area contributed by atoms with Gasteiger partial charge in [0.2, 0.25) is 0 Å². The highest BCUT2D eigenvalue weighted by molar-refractivity contribution is 6.17. The molecule has 0 unspecified atom stereocenters. The van der Waals surface area contributed by atoms with Crippen molar-refractivity contribution in [2.45, 2.75) is 19.4 Å². The van der Waals surface area contributed by atoms with Crippen LogP contribution in [0.15, 0.2) is 42.7 Å². The maximum absolute atomic E-state index is 5.69. The number of benzene rings is 1. The third kappa shape index (κ3) is 2.80. The van der Waals surface area contributed by atoms with Crippen LogP contribution in [0.4, 0.5) is 0 Å². The van der Waals surface area contributed by atoms with Crippen molar-refractivity contribution in [3.8, 4) is 0 Å². The van der Waals surface area contributed by atoms with Crippen LogP contribution in [0.3, 0.4) is 0 Å². The smallest absolute Gasteiger partial charge is 0.0827 e. The molecule has 0 aliphatic heterocycles. The highest BCUT2D eigenvalue weighted by Gasteiger charge is 2.05. The van der Waals surface area contributed by atoms with Gasteiger partial charge in [-0.3, -0.25) is 4.98 Å². The Labute approximate surface area is 122 Å². The van der Waals surface area contributed by atoms with Crippen LogP contribution in [0.1, 0.15) is 17.7 Å². The molecule has 0 fully saturated rings. The molecule has 0 amide bonds. The van der Waals surface area contributed by atoms with Crippen LogP contribution in [0, 0.1) is 0 Å². The fourth-order valence-electron chi connectivity index (χ4n) is 2.25. The fraction of sp³-hybridized carbons (Fsp3) is 0.267. The molecule has 4 nitrogen and oxygen atoms in total. The number of aromatic nitrogens is 4. The van der Waals surface area contributed by atoms with Gasteiger partial charge in [0.15, 0.2) is 0 Å². The van der Waals surface area contributed by atoms with Gasteiger partial charge in [-0.05, 0) is 24.5 Å². The monoisotopic (exact) mass is 286 g/mol. The first-order valence-corrected chi connectivity index (χ1v) is 7.18. The molecular formula is C15H15ClN4. The van der Waals surface area contributed by atoms with Crippen LogP contribution < -0.4 is 0 Å². The van der Waals surface area contributed by atoms with E-state index < -0.39 is 0 Å². The molecule has 20 heavy (non-hydrogen) atoms. The van der Waals surface area contributed by atoms with Gasteiger partial charge >= 0.3 is 0 Å². The Kier molecular flexibility index (Phi) is 3.92. The van der Waals surface area contributed by atoms with Gasteiger partial charge in [0.1, 0.15) is 0 Å². The second-order valence-electron chi connectivity index (χ2n) is 4.69. The Bertz CT molecular complexity index is 702. The molecule has 3 rings (SSSR count). The summed E-state index contributed by atoms with van der Waals surface area (Å²) in [6.07, 6.45) is 5.60. The topological polar surface area (TPSA) is 43.6 Å². The molecule has 0 saturated heterocycles. The first kappa shape index (κ1) is 13.1. The van der Waals surface area contributed by atoms with Gasteiger partial charge in [-0.25, -0.2) is 4.68 Å². The maximum atomic E-state index is 5.69. The van der Waals surface area contributed by atoms with Crippen LogP contribution >= 0.6 is 11.6 Å². The molecule has 5 heteroatoms. The average Bonchev–Trinajstić information content (AvgIpc) is 2.93. The van der Waals surface area contributed by atoms with Crippen LogP contribution in [-0.4, -0.2) is 25.9 Å². The van der Waals surface area contributed by atoms with Gasteiger partial charge in [-0.15, -0.1) is 16.7 Å². The molecular weight excluding hydrogens is 272 g/mol. The fourth-order valence-corrected chi connectivity index (χ4v) is 2.38. The minimum absolute atomic E-state index is 0.653. The maximum Gasteiger partial charge on any atom is 0.0827 e. The zero-order chi connectivity index (χ0) is 13.8. The van der Waals surface area contributed by atoms with E-state index in [1.165, 1.54) is 0 Å². The Morgan fingerprint density at radius 3 is 2.95 bits per heavy atom. The summed E-state index contributed by atoms with van der Waals surface area (Å²) < 4.78 is 1.85. The summed E-state index contributed by atoms with van der Waals surface area (Å²) in [6.45, 7) is 0.683. The lowest BCUT2D eigenvalue weighted by molar-refractivity contribution is 0.651. The molecule has 0 saturated carbocycles. The lowest BCUT2D eigenvalue weighted by Gasteiger charge is -2.04. The molecule has 3 aromatic rings. The van der Waals surface area contributed by atoms with Gasteiger partial charge < -0.3 is 0 Å². The van der Waals surface area contributed by atoms with Gasteiger partial charge in [-0.1, -0.05) is 29.5 Å². The summed E-state index contributed by atoms with van der Waals surface area (Å²) in [6, 6.07) is 10.2. The number of alkyl halides is 1. The van der Waals surface area contributed by atoms with Crippen molar-refractivity contribution < 1.29 is 0 Å². The van der Waals surface area contributed by atoms with Gasteiger partial charge in [0.25, 0.3) is 0 Å². The SMILES string of the molecule is ClCCCc1cn(Cc2cccc3cccnc23)nn1.